The van der Waals surface area contributed by atoms with Crippen molar-refractivity contribution in [2.24, 2.45) is 33.8 Å². The first-order chi connectivity index (χ1) is 18.9. The van der Waals surface area contributed by atoms with E-state index in [1.54, 1.807) is 5.57 Å². The van der Waals surface area contributed by atoms with E-state index >= 15 is 0 Å². The minimum absolute atomic E-state index is 0.154. The third-order valence-corrected chi connectivity index (χ3v) is 11.4. The van der Waals surface area contributed by atoms with Crippen LogP contribution >= 0.6 is 0 Å². The molecule has 0 radical (unpaired) electrons. The van der Waals surface area contributed by atoms with Gasteiger partial charge in [0.1, 0.15) is 6.04 Å². The van der Waals surface area contributed by atoms with E-state index in [0.29, 0.717) is 30.0 Å². The Balaban J connectivity index is 1.51. The Morgan fingerprint density at radius 1 is 1.15 bits per heavy atom. The highest BCUT2D eigenvalue weighted by molar-refractivity contribution is 5.89. The minimum Gasteiger partial charge on any atom is -0.372 e. The second kappa shape index (κ2) is 10.1. The molecule has 0 N–H and O–H groups in total. The molecule has 1 heterocycles. The van der Waals surface area contributed by atoms with E-state index < -0.39 is 5.41 Å². The largest absolute Gasteiger partial charge is 0.372 e. The average Bonchev–Trinajstić information content (AvgIpc) is 3.60. The van der Waals surface area contributed by atoms with Gasteiger partial charge >= 0.3 is 0 Å². The molecule has 1 aromatic rings. The summed E-state index contributed by atoms with van der Waals surface area (Å²) >= 11 is 0. The Labute approximate surface area is 234 Å². The van der Waals surface area contributed by atoms with Crippen LogP contribution in [0.2, 0.25) is 0 Å². The zero-order valence-electron chi connectivity index (χ0n) is 24.3. The third kappa shape index (κ3) is 3.98. The SMILES string of the molecule is CC#C[C@]1(C(=O)CC)CC[C@H]2[C@@H]3CC(C)C4=CC(N=O)CCC4=C3C(c3ccc(N4CCCC4)cc3)C[C@@]21C. The smallest absolute Gasteiger partial charge is 0.151 e. The van der Waals surface area contributed by atoms with Crippen LogP contribution in [0, 0.1) is 45.3 Å². The molecule has 1 saturated heterocycles. The van der Waals surface area contributed by atoms with Crippen molar-refractivity contribution in [3.8, 4) is 11.8 Å². The van der Waals surface area contributed by atoms with E-state index in [0.717, 1.165) is 51.6 Å². The van der Waals surface area contributed by atoms with Crippen LogP contribution in [0.1, 0.15) is 97.0 Å². The van der Waals surface area contributed by atoms with Crippen molar-refractivity contribution in [3.63, 3.8) is 0 Å². The molecule has 1 aliphatic heterocycles. The summed E-state index contributed by atoms with van der Waals surface area (Å²) in [6, 6.07) is 9.20. The van der Waals surface area contributed by atoms with E-state index in [4.69, 9.17) is 0 Å². The number of benzene rings is 1. The lowest BCUT2D eigenvalue weighted by molar-refractivity contribution is -0.132. The van der Waals surface area contributed by atoms with Crippen molar-refractivity contribution >= 4 is 11.5 Å². The summed E-state index contributed by atoms with van der Waals surface area (Å²) in [5.74, 6) is 8.72. The second-order valence-electron chi connectivity index (χ2n) is 13.2. The van der Waals surface area contributed by atoms with Gasteiger partial charge in [0.2, 0.25) is 0 Å². The summed E-state index contributed by atoms with van der Waals surface area (Å²) in [7, 11) is 0. The number of nitrogens with zero attached hydrogens (tertiary/aromatic N) is 2. The Kier molecular flexibility index (Phi) is 6.85. The second-order valence-corrected chi connectivity index (χ2v) is 13.2. The summed E-state index contributed by atoms with van der Waals surface area (Å²) in [6.07, 6.45) is 11.1. The lowest BCUT2D eigenvalue weighted by Crippen LogP contribution is -2.51. The first kappa shape index (κ1) is 26.5. The third-order valence-electron chi connectivity index (χ3n) is 11.4. The van der Waals surface area contributed by atoms with Crippen LogP contribution in [0.3, 0.4) is 0 Å². The van der Waals surface area contributed by atoms with Crippen molar-refractivity contribution in [1.82, 2.24) is 0 Å². The lowest BCUT2D eigenvalue weighted by atomic mass is 9.47. The van der Waals surface area contributed by atoms with Crippen LogP contribution in [0.15, 0.2) is 52.2 Å². The summed E-state index contributed by atoms with van der Waals surface area (Å²) < 4.78 is 0. The van der Waals surface area contributed by atoms with E-state index in [1.807, 2.05) is 13.8 Å². The van der Waals surface area contributed by atoms with Gasteiger partial charge in [-0.1, -0.05) is 55.7 Å². The molecule has 3 unspecified atom stereocenters. The zero-order chi connectivity index (χ0) is 27.4. The fourth-order valence-electron chi connectivity index (χ4n) is 9.63. The molecular formula is C35H44N2O2. The molecule has 206 valence electrons. The van der Waals surface area contributed by atoms with Crippen LogP contribution in [0.4, 0.5) is 5.69 Å². The van der Waals surface area contributed by atoms with Gasteiger partial charge in [0.25, 0.3) is 0 Å². The number of allylic oxidation sites excluding steroid dienone is 3. The summed E-state index contributed by atoms with van der Waals surface area (Å²) in [4.78, 5) is 27.8. The molecule has 0 spiro atoms. The molecule has 1 aromatic carbocycles. The first-order valence-electron chi connectivity index (χ1n) is 15.5. The van der Waals surface area contributed by atoms with Gasteiger partial charge in [0.15, 0.2) is 5.78 Å². The highest BCUT2D eigenvalue weighted by atomic mass is 16.3. The molecule has 39 heavy (non-hydrogen) atoms. The Morgan fingerprint density at radius 2 is 1.90 bits per heavy atom. The predicted molar refractivity (Wildman–Crippen MR) is 158 cm³/mol. The van der Waals surface area contributed by atoms with Crippen molar-refractivity contribution in [2.75, 3.05) is 18.0 Å². The summed E-state index contributed by atoms with van der Waals surface area (Å²) in [5, 5.41) is 3.43. The number of anilines is 1. The van der Waals surface area contributed by atoms with Crippen LogP contribution in [-0.4, -0.2) is 24.9 Å². The molecule has 4 nitrogen and oxygen atoms in total. The van der Waals surface area contributed by atoms with Crippen molar-refractivity contribution in [3.05, 3.63) is 57.5 Å². The number of hydrogen-bond acceptors (Lipinski definition) is 4. The molecule has 5 aliphatic rings. The fraction of sp³-hybridized carbons (Fsp3) is 0.629. The van der Waals surface area contributed by atoms with Crippen molar-refractivity contribution in [1.29, 1.82) is 0 Å². The van der Waals surface area contributed by atoms with Gasteiger partial charge in [0.05, 0.1) is 5.41 Å². The quantitative estimate of drug-likeness (QED) is 0.290. The molecule has 2 saturated carbocycles. The summed E-state index contributed by atoms with van der Waals surface area (Å²) in [6.45, 7) is 11.0. The van der Waals surface area contributed by atoms with E-state index in [-0.39, 0.29) is 17.4 Å². The van der Waals surface area contributed by atoms with Gasteiger partial charge in [-0.05, 0) is 110 Å². The summed E-state index contributed by atoms with van der Waals surface area (Å²) in [5.41, 5.74) is 6.50. The predicted octanol–water partition coefficient (Wildman–Crippen LogP) is 7.99. The molecule has 0 amide bonds. The van der Waals surface area contributed by atoms with Gasteiger partial charge in [-0.15, -0.1) is 5.92 Å². The van der Waals surface area contributed by atoms with Crippen molar-refractivity contribution in [2.45, 2.75) is 97.4 Å². The number of fused-ring (bicyclic) bond motifs is 4. The van der Waals surface area contributed by atoms with Gasteiger partial charge in [0, 0.05) is 31.1 Å². The maximum atomic E-state index is 13.8. The van der Waals surface area contributed by atoms with Crippen LogP contribution in [-0.2, 0) is 4.79 Å². The van der Waals surface area contributed by atoms with Gasteiger partial charge in [-0.2, -0.15) is 4.91 Å². The van der Waals surface area contributed by atoms with Gasteiger partial charge in [-0.3, -0.25) is 4.79 Å². The molecule has 3 fully saturated rings. The standard InChI is InChI=1S/C35H44N2O2/c1-5-16-35(32(38)6-2)17-15-31-29-20-23(3)28-21-25(36-39)11-14-27(28)33(29)30(22-34(31,35)4)24-9-12-26(13-10-24)37-18-7-8-19-37/h9-10,12-13,21,23,25,29-31H,6-8,11,14-15,17-20,22H2,1-4H3/t23?,25?,29-,30?,31-,34-,35+/m0/s1. The highest BCUT2D eigenvalue weighted by Crippen LogP contribution is 2.70. The molecule has 4 heteroatoms. The Bertz CT molecular complexity index is 1270. The van der Waals surface area contributed by atoms with E-state index in [1.165, 1.54) is 35.2 Å². The maximum Gasteiger partial charge on any atom is 0.151 e. The number of rotatable bonds is 5. The number of ketones is 1. The van der Waals surface area contributed by atoms with Crippen LogP contribution in [0.25, 0.3) is 0 Å². The molecule has 0 bridgehead atoms. The minimum atomic E-state index is -0.552. The maximum absolute atomic E-state index is 13.8. The number of carbonyl (C=O) groups is 1. The highest BCUT2D eigenvalue weighted by Gasteiger charge is 2.65. The molecule has 6 rings (SSSR count). The van der Waals surface area contributed by atoms with Crippen LogP contribution in [0.5, 0.6) is 0 Å². The average molecular weight is 525 g/mol. The van der Waals surface area contributed by atoms with Gasteiger partial charge < -0.3 is 4.90 Å². The molecule has 0 aromatic heterocycles. The van der Waals surface area contributed by atoms with Crippen LogP contribution < -0.4 is 4.90 Å². The molecular weight excluding hydrogens is 480 g/mol. The van der Waals surface area contributed by atoms with E-state index in [9.17, 15) is 9.70 Å². The Hall–Kier alpha value is -2.67. The number of hydrogen-bond donors (Lipinski definition) is 0. The Morgan fingerprint density at radius 3 is 2.56 bits per heavy atom. The van der Waals surface area contributed by atoms with E-state index in [2.05, 4.69) is 66.1 Å². The number of carbonyl (C=O) groups excluding carboxylic acids is 1. The fourth-order valence-corrected chi connectivity index (χ4v) is 9.63. The monoisotopic (exact) mass is 524 g/mol. The van der Waals surface area contributed by atoms with Gasteiger partial charge in [-0.25, -0.2) is 0 Å². The normalized spacial score (nSPS) is 37.3. The first-order valence-corrected chi connectivity index (χ1v) is 15.5. The lowest BCUT2D eigenvalue weighted by Gasteiger charge is -2.55. The number of Topliss-reactive ketones (excluding diaryl/α,β-unsaturated/α-hetero) is 1. The van der Waals surface area contributed by atoms with Crippen molar-refractivity contribution < 1.29 is 4.79 Å². The molecule has 4 aliphatic carbocycles. The topological polar surface area (TPSA) is 49.7 Å². The number of nitroso groups, excluding NO2 is 1. The molecule has 7 atom stereocenters. The zero-order valence-corrected chi connectivity index (χ0v) is 24.3.